The second-order valence-corrected chi connectivity index (χ2v) is 5.22. The Morgan fingerprint density at radius 3 is 2.68 bits per heavy atom. The van der Waals surface area contributed by atoms with Gasteiger partial charge in [0.1, 0.15) is 0 Å². The monoisotopic (exact) mass is 327 g/mol. The first-order valence-electron chi connectivity index (χ1n) is 6.39. The second kappa shape index (κ2) is 7.56. The predicted molar refractivity (Wildman–Crippen MR) is 84.0 cm³/mol. The van der Waals surface area contributed by atoms with Crippen LogP contribution in [0.25, 0.3) is 6.08 Å². The van der Waals surface area contributed by atoms with Gasteiger partial charge < -0.3 is 14.8 Å². The summed E-state index contributed by atoms with van der Waals surface area (Å²) in [4.78, 5) is 0. The highest BCUT2D eigenvalue weighted by Crippen LogP contribution is 2.37. The molecule has 19 heavy (non-hydrogen) atoms. The highest BCUT2D eigenvalue weighted by atomic mass is 79.9. The zero-order chi connectivity index (χ0) is 14.4. The van der Waals surface area contributed by atoms with Crippen molar-refractivity contribution in [2.24, 2.45) is 0 Å². The number of ether oxygens (including phenoxy) is 2. The quantitative estimate of drug-likeness (QED) is 0.860. The van der Waals surface area contributed by atoms with Crippen molar-refractivity contribution in [1.82, 2.24) is 5.32 Å². The molecule has 0 aliphatic carbocycles. The summed E-state index contributed by atoms with van der Waals surface area (Å²) >= 11 is 3.52. The van der Waals surface area contributed by atoms with Crippen molar-refractivity contribution in [2.75, 3.05) is 20.8 Å². The molecule has 0 saturated heterocycles. The highest BCUT2D eigenvalue weighted by Gasteiger charge is 2.11. The van der Waals surface area contributed by atoms with Gasteiger partial charge in [0, 0.05) is 6.04 Å². The molecule has 106 valence electrons. The zero-order valence-electron chi connectivity index (χ0n) is 12.2. The Kier molecular flexibility index (Phi) is 6.38. The lowest BCUT2D eigenvalue weighted by Crippen LogP contribution is -2.21. The molecule has 0 saturated carbocycles. The Hall–Kier alpha value is -1.00. The Labute approximate surface area is 124 Å². The molecule has 1 N–H and O–H groups in total. The highest BCUT2D eigenvalue weighted by molar-refractivity contribution is 9.10. The van der Waals surface area contributed by atoms with E-state index in [4.69, 9.17) is 9.47 Å². The number of rotatable bonds is 6. The molecule has 1 unspecified atom stereocenters. The molecule has 1 rings (SSSR count). The normalized spacial score (nSPS) is 13.3. The van der Waals surface area contributed by atoms with Crippen LogP contribution < -0.4 is 14.8 Å². The third-order valence-corrected chi connectivity index (χ3v) is 3.64. The van der Waals surface area contributed by atoms with Gasteiger partial charge in [0.05, 0.1) is 18.2 Å². The molecule has 3 nitrogen and oxygen atoms in total. The number of halogens is 1. The molecule has 0 fully saturated rings. The average Bonchev–Trinajstić information content (AvgIpc) is 2.38. The summed E-state index contributed by atoms with van der Waals surface area (Å²) in [6.07, 6.45) is 2.15. The van der Waals surface area contributed by atoms with Crippen LogP contribution in [0.5, 0.6) is 11.5 Å². The molecular formula is C15H22BrNO2. The SMILES string of the molecule is CCOc1cc(/C=C(/C)C(C)NC)cc(Br)c1OC. The van der Waals surface area contributed by atoms with Gasteiger partial charge in [-0.05, 0) is 61.4 Å². The largest absolute Gasteiger partial charge is 0.492 e. The molecule has 0 spiro atoms. The Bertz CT molecular complexity index is 458. The molecule has 0 aliphatic heterocycles. The van der Waals surface area contributed by atoms with Crippen LogP contribution in [-0.2, 0) is 0 Å². The van der Waals surface area contributed by atoms with Crippen molar-refractivity contribution in [1.29, 1.82) is 0 Å². The maximum atomic E-state index is 5.62. The molecule has 1 aromatic carbocycles. The van der Waals surface area contributed by atoms with E-state index < -0.39 is 0 Å². The minimum atomic E-state index is 0.344. The topological polar surface area (TPSA) is 30.5 Å². The van der Waals surface area contributed by atoms with Crippen LogP contribution in [0.2, 0.25) is 0 Å². The number of methoxy groups -OCH3 is 1. The van der Waals surface area contributed by atoms with Crippen LogP contribution >= 0.6 is 15.9 Å². The van der Waals surface area contributed by atoms with Gasteiger partial charge in [-0.25, -0.2) is 0 Å². The van der Waals surface area contributed by atoms with E-state index in [1.54, 1.807) is 7.11 Å². The fraction of sp³-hybridized carbons (Fsp3) is 0.467. The molecule has 0 amide bonds. The van der Waals surface area contributed by atoms with Gasteiger partial charge in [0.15, 0.2) is 11.5 Å². The minimum absolute atomic E-state index is 0.344. The van der Waals surface area contributed by atoms with E-state index in [0.717, 1.165) is 21.5 Å². The summed E-state index contributed by atoms with van der Waals surface area (Å²) in [5.74, 6) is 1.49. The summed E-state index contributed by atoms with van der Waals surface area (Å²) in [5, 5.41) is 3.23. The van der Waals surface area contributed by atoms with Crippen molar-refractivity contribution in [3.8, 4) is 11.5 Å². The molecular weight excluding hydrogens is 306 g/mol. The van der Waals surface area contributed by atoms with E-state index in [2.05, 4.69) is 41.2 Å². The summed E-state index contributed by atoms with van der Waals surface area (Å²) in [5.41, 5.74) is 2.36. The van der Waals surface area contributed by atoms with E-state index in [-0.39, 0.29) is 0 Å². The van der Waals surface area contributed by atoms with Gasteiger partial charge in [-0.3, -0.25) is 0 Å². The molecule has 0 aromatic heterocycles. The van der Waals surface area contributed by atoms with Crippen LogP contribution in [0.4, 0.5) is 0 Å². The average molecular weight is 328 g/mol. The Morgan fingerprint density at radius 1 is 1.47 bits per heavy atom. The van der Waals surface area contributed by atoms with Gasteiger partial charge >= 0.3 is 0 Å². The van der Waals surface area contributed by atoms with Crippen LogP contribution in [0.3, 0.4) is 0 Å². The summed E-state index contributed by atoms with van der Waals surface area (Å²) < 4.78 is 11.9. The molecule has 0 bridgehead atoms. The first-order valence-corrected chi connectivity index (χ1v) is 7.18. The number of nitrogens with one attached hydrogen (secondary N) is 1. The van der Waals surface area contributed by atoms with Gasteiger partial charge in [-0.1, -0.05) is 11.6 Å². The van der Waals surface area contributed by atoms with Crippen molar-refractivity contribution in [3.63, 3.8) is 0 Å². The molecule has 4 heteroatoms. The van der Waals surface area contributed by atoms with Crippen molar-refractivity contribution >= 4 is 22.0 Å². The van der Waals surface area contributed by atoms with Gasteiger partial charge in [0.2, 0.25) is 0 Å². The van der Waals surface area contributed by atoms with Crippen LogP contribution in [0.1, 0.15) is 26.3 Å². The maximum absolute atomic E-state index is 5.62. The van der Waals surface area contributed by atoms with E-state index in [1.165, 1.54) is 5.57 Å². The van der Waals surface area contributed by atoms with E-state index in [1.807, 2.05) is 26.1 Å². The fourth-order valence-electron chi connectivity index (χ4n) is 1.75. The maximum Gasteiger partial charge on any atom is 0.174 e. The minimum Gasteiger partial charge on any atom is -0.492 e. The lowest BCUT2D eigenvalue weighted by molar-refractivity contribution is 0.310. The molecule has 0 radical (unpaired) electrons. The number of benzene rings is 1. The van der Waals surface area contributed by atoms with Crippen LogP contribution in [0.15, 0.2) is 22.2 Å². The first-order chi connectivity index (χ1) is 9.03. The predicted octanol–water partition coefficient (Wildman–Crippen LogP) is 3.87. The summed E-state index contributed by atoms with van der Waals surface area (Å²) in [7, 11) is 3.60. The zero-order valence-corrected chi connectivity index (χ0v) is 13.8. The standard InChI is InChI=1S/C15H22BrNO2/c1-6-19-14-9-12(7-10(2)11(3)17-4)8-13(16)15(14)18-5/h7-9,11,17H,6H2,1-5H3/b10-7-. The van der Waals surface area contributed by atoms with E-state index in [0.29, 0.717) is 12.6 Å². The summed E-state index contributed by atoms with van der Waals surface area (Å²) in [6, 6.07) is 4.38. The lowest BCUT2D eigenvalue weighted by Gasteiger charge is -2.14. The molecule has 1 aromatic rings. The molecule has 1 atom stereocenters. The fourth-order valence-corrected chi connectivity index (χ4v) is 2.37. The van der Waals surface area contributed by atoms with Crippen molar-refractivity contribution < 1.29 is 9.47 Å². The Morgan fingerprint density at radius 2 is 2.16 bits per heavy atom. The van der Waals surface area contributed by atoms with Gasteiger partial charge in [-0.15, -0.1) is 0 Å². The van der Waals surface area contributed by atoms with Gasteiger partial charge in [-0.2, -0.15) is 0 Å². The van der Waals surface area contributed by atoms with E-state index >= 15 is 0 Å². The lowest BCUT2D eigenvalue weighted by atomic mass is 10.1. The summed E-state index contributed by atoms with van der Waals surface area (Å²) in [6.45, 7) is 6.82. The third kappa shape index (κ3) is 4.25. The van der Waals surface area contributed by atoms with E-state index in [9.17, 15) is 0 Å². The van der Waals surface area contributed by atoms with Crippen LogP contribution in [0, 0.1) is 0 Å². The van der Waals surface area contributed by atoms with Crippen molar-refractivity contribution in [2.45, 2.75) is 26.8 Å². The molecule has 0 heterocycles. The first kappa shape index (κ1) is 16.1. The number of hydrogen-bond acceptors (Lipinski definition) is 3. The Balaban J connectivity index is 3.16. The second-order valence-electron chi connectivity index (χ2n) is 4.37. The smallest absolute Gasteiger partial charge is 0.174 e. The molecule has 0 aliphatic rings. The number of likely N-dealkylation sites (N-methyl/N-ethyl adjacent to an activating group) is 1. The third-order valence-electron chi connectivity index (χ3n) is 3.05. The van der Waals surface area contributed by atoms with Gasteiger partial charge in [0.25, 0.3) is 0 Å². The van der Waals surface area contributed by atoms with Crippen molar-refractivity contribution in [3.05, 3.63) is 27.7 Å². The van der Waals surface area contributed by atoms with Crippen LogP contribution in [-0.4, -0.2) is 26.8 Å². The number of hydrogen-bond donors (Lipinski definition) is 1.